The van der Waals surface area contributed by atoms with Crippen molar-refractivity contribution in [2.24, 2.45) is 5.92 Å². The molecule has 0 aromatic heterocycles. The molecule has 0 bridgehead atoms. The number of halogens is 2. The van der Waals surface area contributed by atoms with Crippen molar-refractivity contribution in [1.82, 2.24) is 9.80 Å². The smallest absolute Gasteiger partial charge is 0.322 e. The fourth-order valence-corrected chi connectivity index (χ4v) is 6.39. The quantitative estimate of drug-likeness (QED) is 0.449. The summed E-state index contributed by atoms with van der Waals surface area (Å²) in [6, 6.07) is 14.5. The van der Waals surface area contributed by atoms with Gasteiger partial charge in [-0.25, -0.2) is 9.18 Å². The summed E-state index contributed by atoms with van der Waals surface area (Å²) in [6.45, 7) is 4.69. The summed E-state index contributed by atoms with van der Waals surface area (Å²) in [4.78, 5) is 26.6. The van der Waals surface area contributed by atoms with Crippen LogP contribution in [0.3, 0.4) is 0 Å². The Labute approximate surface area is 234 Å². The van der Waals surface area contributed by atoms with E-state index < -0.39 is 5.82 Å². The Kier molecular flexibility index (Phi) is 9.60. The van der Waals surface area contributed by atoms with Crippen LogP contribution in [-0.4, -0.2) is 67.6 Å². The largest absolute Gasteiger partial charge is 0.380 e. The molecule has 3 fully saturated rings. The molecule has 2 aromatic carbocycles. The minimum absolute atomic E-state index is 0.0120. The molecular weight excluding hydrogens is 519 g/mol. The summed E-state index contributed by atoms with van der Waals surface area (Å²) >= 11 is 5.94. The van der Waals surface area contributed by atoms with E-state index in [1.54, 1.807) is 7.11 Å². The zero-order valence-corrected chi connectivity index (χ0v) is 23.3. The van der Waals surface area contributed by atoms with Gasteiger partial charge in [0.05, 0.1) is 22.8 Å². The van der Waals surface area contributed by atoms with E-state index in [0.717, 1.165) is 58.0 Å². The zero-order valence-electron chi connectivity index (χ0n) is 22.5. The number of benzene rings is 2. The lowest BCUT2D eigenvalue weighted by molar-refractivity contribution is -0.106. The van der Waals surface area contributed by atoms with E-state index in [1.165, 1.54) is 30.7 Å². The molecule has 1 heterocycles. The highest BCUT2D eigenvalue weighted by Gasteiger charge is 2.58. The molecular formula is C30H36ClFN4O3. The number of ether oxygens (including phenoxy) is 1. The summed E-state index contributed by atoms with van der Waals surface area (Å²) in [7, 11) is 1.75. The third-order valence-corrected chi connectivity index (χ3v) is 8.66. The van der Waals surface area contributed by atoms with Crippen molar-refractivity contribution in [3.63, 3.8) is 0 Å². The van der Waals surface area contributed by atoms with Crippen molar-refractivity contribution in [1.29, 1.82) is 5.26 Å². The minimum atomic E-state index is -0.508. The number of nitrogens with one attached hydrogen (secondary N) is 1. The van der Waals surface area contributed by atoms with E-state index in [9.17, 15) is 14.4 Å². The molecule has 208 valence electrons. The normalized spacial score (nSPS) is 25.5. The zero-order chi connectivity index (χ0) is 28.0. The molecule has 5 rings (SSSR count). The molecule has 1 saturated heterocycles. The maximum atomic E-state index is 13.6. The molecule has 1 N–H and O–H groups in total. The Hall–Kier alpha value is -2.99. The van der Waals surface area contributed by atoms with Crippen LogP contribution in [0.4, 0.5) is 14.9 Å². The third-order valence-electron chi connectivity index (χ3n) is 8.37. The van der Waals surface area contributed by atoms with Crippen LogP contribution >= 0.6 is 11.6 Å². The highest BCUT2D eigenvalue weighted by molar-refractivity contribution is 6.31. The van der Waals surface area contributed by atoms with Crippen molar-refractivity contribution < 1.29 is 18.7 Å². The number of carbonyl (C=O) groups is 2. The van der Waals surface area contributed by atoms with E-state index in [1.807, 2.05) is 23.1 Å². The molecule has 2 amide bonds. The molecule has 3 aliphatic rings. The Morgan fingerprint density at radius 3 is 2.79 bits per heavy atom. The number of anilines is 1. The maximum absolute atomic E-state index is 13.6. The number of amides is 2. The van der Waals surface area contributed by atoms with Gasteiger partial charge in [0.2, 0.25) is 0 Å². The van der Waals surface area contributed by atoms with E-state index in [-0.39, 0.29) is 28.6 Å². The number of urea groups is 1. The Morgan fingerprint density at radius 1 is 1.33 bits per heavy atom. The maximum Gasteiger partial charge on any atom is 0.322 e. The highest BCUT2D eigenvalue weighted by atomic mass is 35.5. The first-order valence-electron chi connectivity index (χ1n) is 13.5. The van der Waals surface area contributed by atoms with Gasteiger partial charge in [-0.3, -0.25) is 4.90 Å². The van der Waals surface area contributed by atoms with Crippen molar-refractivity contribution in [2.75, 3.05) is 38.6 Å². The summed E-state index contributed by atoms with van der Waals surface area (Å²) in [5, 5.41) is 12.3. The van der Waals surface area contributed by atoms with Crippen LogP contribution in [0, 0.1) is 23.1 Å². The van der Waals surface area contributed by atoms with Gasteiger partial charge in [-0.15, -0.1) is 0 Å². The average Bonchev–Trinajstić information content (AvgIpc) is 3.51. The molecule has 1 aliphatic heterocycles. The molecule has 39 heavy (non-hydrogen) atoms. The molecule has 2 aromatic rings. The molecule has 2 saturated carbocycles. The number of nitriles is 1. The molecule has 3 unspecified atom stereocenters. The van der Waals surface area contributed by atoms with Gasteiger partial charge in [-0.2, -0.15) is 5.26 Å². The molecule has 9 heteroatoms. The summed E-state index contributed by atoms with van der Waals surface area (Å²) in [5.74, 6) is -0.00325. The van der Waals surface area contributed by atoms with Gasteiger partial charge in [-0.1, -0.05) is 23.7 Å². The molecule has 2 aliphatic carbocycles. The average molecular weight is 555 g/mol. The number of carbonyl (C=O) groups excluding carboxylic acids is 2. The Balaban J connectivity index is 0.00000112. The summed E-state index contributed by atoms with van der Waals surface area (Å²) in [6.07, 6.45) is 5.95. The lowest BCUT2D eigenvalue weighted by Gasteiger charge is -2.37. The van der Waals surface area contributed by atoms with Crippen LogP contribution in [0.25, 0.3) is 0 Å². The van der Waals surface area contributed by atoms with Gasteiger partial charge in [0, 0.05) is 45.0 Å². The second-order valence-corrected chi connectivity index (χ2v) is 11.0. The van der Waals surface area contributed by atoms with Crippen LogP contribution < -0.4 is 5.32 Å². The van der Waals surface area contributed by atoms with E-state index >= 15 is 0 Å². The van der Waals surface area contributed by atoms with Gasteiger partial charge < -0.3 is 19.7 Å². The molecule has 0 spiro atoms. The first kappa shape index (κ1) is 29.0. The standard InChI is InChI=1S/C28H32ClFN4O2.C2H4O/c1-36-24-8-10-33(18-24)11-12-34(27(35)32-22-5-6-26(30)25(29)15-22)23-7-9-28(16-21(28)14-23)20-4-2-3-19(13-20)17-31;1-2-3/h2-6,13,15,21,23-24H,7-12,14,16,18H2,1H3,(H,32,35);2H,1H3/t21?,23?,24?,28-;/m1./s1. The second kappa shape index (κ2) is 12.9. The number of likely N-dealkylation sites (tertiary alicyclic amines) is 1. The van der Waals surface area contributed by atoms with E-state index in [0.29, 0.717) is 23.7 Å². The van der Waals surface area contributed by atoms with Crippen LogP contribution in [0.1, 0.15) is 50.2 Å². The van der Waals surface area contributed by atoms with Crippen LogP contribution in [0.2, 0.25) is 5.02 Å². The minimum Gasteiger partial charge on any atom is -0.380 e. The lowest BCUT2D eigenvalue weighted by Crippen LogP contribution is -2.48. The highest BCUT2D eigenvalue weighted by Crippen LogP contribution is 2.62. The fraction of sp³-hybridized carbons (Fsp3) is 0.500. The van der Waals surface area contributed by atoms with Crippen LogP contribution in [-0.2, 0) is 14.9 Å². The number of rotatable bonds is 7. The first-order valence-corrected chi connectivity index (χ1v) is 13.9. The third kappa shape index (κ3) is 6.78. The van der Waals surface area contributed by atoms with E-state index in [4.69, 9.17) is 21.1 Å². The number of hydrogen-bond donors (Lipinski definition) is 1. The first-order chi connectivity index (χ1) is 18.8. The van der Waals surface area contributed by atoms with Crippen molar-refractivity contribution in [2.45, 2.75) is 56.6 Å². The monoisotopic (exact) mass is 554 g/mol. The van der Waals surface area contributed by atoms with Gasteiger partial charge in [0.1, 0.15) is 12.1 Å². The fourth-order valence-electron chi connectivity index (χ4n) is 6.21. The van der Waals surface area contributed by atoms with Crippen LogP contribution in [0.15, 0.2) is 42.5 Å². The van der Waals surface area contributed by atoms with Gasteiger partial charge in [-0.05, 0) is 86.3 Å². The lowest BCUT2D eigenvalue weighted by atomic mass is 9.80. The number of methoxy groups -OCH3 is 1. The van der Waals surface area contributed by atoms with Crippen molar-refractivity contribution >= 4 is 29.6 Å². The van der Waals surface area contributed by atoms with Crippen molar-refractivity contribution in [3.05, 3.63) is 64.4 Å². The Morgan fingerprint density at radius 2 is 2.13 bits per heavy atom. The number of nitrogens with zero attached hydrogens (tertiary/aromatic N) is 3. The van der Waals surface area contributed by atoms with E-state index in [2.05, 4.69) is 22.4 Å². The number of fused-ring (bicyclic) bond motifs is 1. The second-order valence-electron chi connectivity index (χ2n) is 10.6. The van der Waals surface area contributed by atoms with Gasteiger partial charge in [0.15, 0.2) is 0 Å². The molecule has 0 radical (unpaired) electrons. The topological polar surface area (TPSA) is 85.7 Å². The predicted molar refractivity (Wildman–Crippen MR) is 149 cm³/mol. The van der Waals surface area contributed by atoms with Crippen LogP contribution in [0.5, 0.6) is 0 Å². The van der Waals surface area contributed by atoms with Gasteiger partial charge in [0.25, 0.3) is 0 Å². The summed E-state index contributed by atoms with van der Waals surface area (Å²) in [5.41, 5.74) is 2.58. The number of hydrogen-bond acceptors (Lipinski definition) is 5. The summed E-state index contributed by atoms with van der Waals surface area (Å²) < 4.78 is 19.1. The molecule has 7 nitrogen and oxygen atoms in total. The van der Waals surface area contributed by atoms with Crippen molar-refractivity contribution in [3.8, 4) is 6.07 Å². The SMILES string of the molecule is CC=O.COC1CCN(CCN(C(=O)Nc2ccc(F)c(Cl)c2)C2CC[C@]3(c4cccc(C#N)c4)CC3C2)C1. The molecule has 4 atom stereocenters. The van der Waals surface area contributed by atoms with Gasteiger partial charge >= 0.3 is 6.03 Å². The predicted octanol–water partition coefficient (Wildman–Crippen LogP) is 5.62. The Bertz CT molecular complexity index is 1220. The number of aldehydes is 1.